The first-order chi connectivity index (χ1) is 11.5. The summed E-state index contributed by atoms with van der Waals surface area (Å²) in [6.45, 7) is 7.99. The van der Waals surface area contributed by atoms with Crippen LogP contribution in [0.2, 0.25) is 0 Å². The number of hydrogen-bond acceptors (Lipinski definition) is 4. The number of carbonyl (C=O) groups excluding carboxylic acids is 1. The summed E-state index contributed by atoms with van der Waals surface area (Å²) in [5.41, 5.74) is 6.74. The van der Waals surface area contributed by atoms with Gasteiger partial charge in [0.25, 0.3) is 5.91 Å². The van der Waals surface area contributed by atoms with E-state index in [0.29, 0.717) is 18.2 Å². The van der Waals surface area contributed by atoms with Crippen molar-refractivity contribution >= 4 is 16.8 Å². The van der Waals surface area contributed by atoms with E-state index >= 15 is 0 Å². The Morgan fingerprint density at radius 1 is 1.38 bits per heavy atom. The number of para-hydroxylation sites is 1. The van der Waals surface area contributed by atoms with Crippen LogP contribution in [0.25, 0.3) is 10.9 Å². The van der Waals surface area contributed by atoms with E-state index in [1.54, 1.807) is 0 Å². The quantitative estimate of drug-likeness (QED) is 0.780. The fraction of sp³-hybridized carbons (Fsp3) is 0.556. The summed E-state index contributed by atoms with van der Waals surface area (Å²) < 4.78 is 0. The second kappa shape index (κ2) is 6.91. The molecule has 6 nitrogen and oxygen atoms in total. The Morgan fingerprint density at radius 3 is 2.79 bits per heavy atom. The minimum atomic E-state index is -0.258. The van der Waals surface area contributed by atoms with Gasteiger partial charge in [-0.25, -0.2) is 0 Å². The van der Waals surface area contributed by atoms with Crippen LogP contribution in [-0.2, 0) is 0 Å². The van der Waals surface area contributed by atoms with E-state index < -0.39 is 0 Å². The highest BCUT2D eigenvalue weighted by molar-refractivity contribution is 6.04. The van der Waals surface area contributed by atoms with E-state index in [9.17, 15) is 4.79 Å². The summed E-state index contributed by atoms with van der Waals surface area (Å²) in [6.07, 6.45) is 2.16. The molecule has 0 spiro atoms. The molecule has 0 bridgehead atoms. The van der Waals surface area contributed by atoms with Crippen LogP contribution in [0.4, 0.5) is 0 Å². The van der Waals surface area contributed by atoms with Crippen molar-refractivity contribution in [3.8, 4) is 0 Å². The number of H-pyrrole nitrogens is 1. The van der Waals surface area contributed by atoms with Crippen LogP contribution in [0.1, 0.15) is 37.2 Å². The van der Waals surface area contributed by atoms with Gasteiger partial charge in [0.2, 0.25) is 0 Å². The van der Waals surface area contributed by atoms with Crippen molar-refractivity contribution in [1.29, 1.82) is 0 Å². The first-order valence-corrected chi connectivity index (χ1v) is 8.69. The average Bonchev–Trinajstić information content (AvgIpc) is 2.99. The third-order valence-corrected chi connectivity index (χ3v) is 5.17. The first-order valence-electron chi connectivity index (χ1n) is 8.69. The molecule has 2 aromatic rings. The largest absolute Gasteiger partial charge is 0.345 e. The molecule has 1 fully saturated rings. The molecule has 0 saturated carbocycles. The number of aromatic amines is 1. The molecule has 24 heavy (non-hydrogen) atoms. The number of piperidine rings is 1. The zero-order chi connectivity index (χ0) is 17.2. The van der Waals surface area contributed by atoms with Crippen molar-refractivity contribution in [3.05, 3.63) is 30.0 Å². The summed E-state index contributed by atoms with van der Waals surface area (Å²) >= 11 is 0. The van der Waals surface area contributed by atoms with Crippen LogP contribution < -0.4 is 11.1 Å². The highest BCUT2D eigenvalue weighted by atomic mass is 16.2. The van der Waals surface area contributed by atoms with Gasteiger partial charge in [0.15, 0.2) is 5.69 Å². The topological polar surface area (TPSA) is 87.0 Å². The van der Waals surface area contributed by atoms with Crippen molar-refractivity contribution < 1.29 is 4.79 Å². The lowest BCUT2D eigenvalue weighted by atomic mass is 9.80. The minimum Gasteiger partial charge on any atom is -0.345 e. The summed E-state index contributed by atoms with van der Waals surface area (Å²) in [5.74, 6) is 0.350. The highest BCUT2D eigenvalue weighted by Gasteiger charge is 2.34. The van der Waals surface area contributed by atoms with Crippen LogP contribution in [-0.4, -0.2) is 52.7 Å². The van der Waals surface area contributed by atoms with Gasteiger partial charge in [-0.3, -0.25) is 9.89 Å². The van der Waals surface area contributed by atoms with Crippen LogP contribution in [0, 0.1) is 5.92 Å². The zero-order valence-corrected chi connectivity index (χ0v) is 14.5. The van der Waals surface area contributed by atoms with E-state index in [1.807, 2.05) is 24.3 Å². The summed E-state index contributed by atoms with van der Waals surface area (Å²) in [4.78, 5) is 15.1. The second-order valence-electron chi connectivity index (χ2n) is 7.20. The molecule has 2 heterocycles. The van der Waals surface area contributed by atoms with E-state index in [0.717, 1.165) is 43.4 Å². The van der Waals surface area contributed by atoms with Crippen molar-refractivity contribution in [2.75, 3.05) is 26.2 Å². The van der Waals surface area contributed by atoms with E-state index in [1.165, 1.54) is 0 Å². The van der Waals surface area contributed by atoms with Gasteiger partial charge in [-0.05, 0) is 51.8 Å². The molecular formula is C18H27N5O. The molecule has 0 atom stereocenters. The van der Waals surface area contributed by atoms with Crippen molar-refractivity contribution in [3.63, 3.8) is 0 Å². The smallest absolute Gasteiger partial charge is 0.272 e. The lowest BCUT2D eigenvalue weighted by Crippen LogP contribution is -2.52. The molecule has 0 aliphatic carbocycles. The van der Waals surface area contributed by atoms with E-state index in [4.69, 9.17) is 5.73 Å². The summed E-state index contributed by atoms with van der Waals surface area (Å²) in [6, 6.07) is 7.71. The molecule has 3 rings (SSSR count). The number of likely N-dealkylation sites (tertiary alicyclic amines) is 1. The number of nitrogens with two attached hydrogens (primary N) is 1. The Kier molecular flexibility index (Phi) is 4.87. The number of amides is 1. The number of nitrogens with one attached hydrogen (secondary N) is 2. The predicted octanol–water partition coefficient (Wildman–Crippen LogP) is 1.74. The molecule has 1 aliphatic heterocycles. The number of hydrogen-bond donors (Lipinski definition) is 3. The summed E-state index contributed by atoms with van der Waals surface area (Å²) in [5, 5.41) is 11.2. The van der Waals surface area contributed by atoms with E-state index in [-0.39, 0.29) is 11.4 Å². The second-order valence-corrected chi connectivity index (χ2v) is 7.20. The van der Waals surface area contributed by atoms with Crippen LogP contribution in [0.5, 0.6) is 0 Å². The van der Waals surface area contributed by atoms with Gasteiger partial charge in [-0.2, -0.15) is 5.10 Å². The number of rotatable bonds is 5. The molecule has 1 aromatic heterocycles. The number of benzene rings is 1. The Hall–Kier alpha value is -1.92. The Balaban J connectivity index is 1.67. The lowest BCUT2D eigenvalue weighted by molar-refractivity contribution is 0.0810. The highest BCUT2D eigenvalue weighted by Crippen LogP contribution is 2.28. The number of aromatic nitrogens is 2. The van der Waals surface area contributed by atoms with Gasteiger partial charge < -0.3 is 16.0 Å². The standard InChI is InChI=1S/C18H27N5O/c1-18(2,13-7-10-23(11-8-13)12-9-19)20-17(24)16-14-5-3-4-6-15(14)21-22-16/h3-6,13H,7-12,19H2,1-2H3,(H,20,24)(H,21,22). The van der Waals surface area contributed by atoms with Crippen molar-refractivity contribution in [2.24, 2.45) is 11.7 Å². The summed E-state index contributed by atoms with van der Waals surface area (Å²) in [7, 11) is 0. The number of fused-ring (bicyclic) bond motifs is 1. The molecular weight excluding hydrogens is 302 g/mol. The Morgan fingerprint density at radius 2 is 2.08 bits per heavy atom. The Bertz CT molecular complexity index is 700. The molecule has 1 saturated heterocycles. The van der Waals surface area contributed by atoms with Crippen molar-refractivity contribution in [1.82, 2.24) is 20.4 Å². The van der Waals surface area contributed by atoms with Crippen molar-refractivity contribution in [2.45, 2.75) is 32.2 Å². The number of nitrogens with zero attached hydrogens (tertiary/aromatic N) is 2. The molecule has 6 heteroatoms. The van der Waals surface area contributed by atoms with Crippen LogP contribution in [0.15, 0.2) is 24.3 Å². The molecule has 1 aromatic carbocycles. The van der Waals surface area contributed by atoms with Crippen LogP contribution in [0.3, 0.4) is 0 Å². The zero-order valence-electron chi connectivity index (χ0n) is 14.5. The third kappa shape index (κ3) is 3.44. The molecule has 1 aliphatic rings. The lowest BCUT2D eigenvalue weighted by Gasteiger charge is -2.41. The van der Waals surface area contributed by atoms with Crippen LogP contribution >= 0.6 is 0 Å². The molecule has 130 valence electrons. The predicted molar refractivity (Wildman–Crippen MR) is 95.9 cm³/mol. The van der Waals surface area contributed by atoms with Gasteiger partial charge in [0, 0.05) is 24.0 Å². The molecule has 1 amide bonds. The molecule has 4 N–H and O–H groups in total. The van der Waals surface area contributed by atoms with Gasteiger partial charge in [-0.1, -0.05) is 18.2 Å². The van der Waals surface area contributed by atoms with Gasteiger partial charge in [0.05, 0.1) is 5.52 Å². The molecule has 0 radical (unpaired) electrons. The number of carbonyl (C=O) groups is 1. The maximum absolute atomic E-state index is 12.7. The maximum Gasteiger partial charge on any atom is 0.272 e. The molecule has 0 unspecified atom stereocenters. The minimum absolute atomic E-state index is 0.109. The van der Waals surface area contributed by atoms with Gasteiger partial charge in [0.1, 0.15) is 0 Å². The Labute approximate surface area is 142 Å². The SMILES string of the molecule is CC(C)(NC(=O)c1n[nH]c2ccccc12)C1CCN(CCN)CC1. The van der Waals surface area contributed by atoms with Gasteiger partial charge in [-0.15, -0.1) is 0 Å². The first kappa shape index (κ1) is 16.9. The monoisotopic (exact) mass is 329 g/mol. The maximum atomic E-state index is 12.7. The fourth-order valence-corrected chi connectivity index (χ4v) is 3.65. The normalized spacial score (nSPS) is 17.3. The average molecular weight is 329 g/mol. The third-order valence-electron chi connectivity index (χ3n) is 5.17. The van der Waals surface area contributed by atoms with Gasteiger partial charge >= 0.3 is 0 Å². The fourth-order valence-electron chi connectivity index (χ4n) is 3.65. The van der Waals surface area contributed by atoms with E-state index in [2.05, 4.69) is 34.3 Å².